The minimum absolute atomic E-state index is 0.149. The number of hydrogen-bond donors (Lipinski definition) is 1. The van der Waals surface area contributed by atoms with E-state index in [4.69, 9.17) is 16.7 Å². The fraction of sp³-hybridized carbons (Fsp3) is 0.500. The Bertz CT molecular complexity index is 324. The summed E-state index contributed by atoms with van der Waals surface area (Å²) in [6.07, 6.45) is 2.87. The molecule has 5 heteroatoms. The molecule has 13 heavy (non-hydrogen) atoms. The summed E-state index contributed by atoms with van der Waals surface area (Å²) in [4.78, 5) is 15.0. The maximum absolute atomic E-state index is 11.2. The summed E-state index contributed by atoms with van der Waals surface area (Å²) >= 11 is 5.51. The Morgan fingerprint density at radius 2 is 2.31 bits per heavy atom. The molecule has 0 aliphatic carbocycles. The number of nitrogens with zero attached hydrogens (tertiary/aromatic N) is 2. The summed E-state index contributed by atoms with van der Waals surface area (Å²) < 4.78 is 1.47. The Hall–Kier alpha value is -0.870. The minimum Gasteiger partial charge on any atom is -0.396 e. The Morgan fingerprint density at radius 3 is 2.92 bits per heavy atom. The van der Waals surface area contributed by atoms with Gasteiger partial charge in [0.2, 0.25) is 0 Å². The van der Waals surface area contributed by atoms with Crippen molar-refractivity contribution in [3.8, 4) is 0 Å². The van der Waals surface area contributed by atoms with Gasteiger partial charge in [-0.1, -0.05) is 11.6 Å². The van der Waals surface area contributed by atoms with Crippen LogP contribution in [0.1, 0.15) is 12.8 Å². The number of unbranched alkanes of at least 4 members (excludes halogenated alkanes) is 1. The van der Waals surface area contributed by atoms with Crippen LogP contribution in [0.4, 0.5) is 0 Å². The molecule has 1 aromatic rings. The first-order chi connectivity index (χ1) is 6.24. The second-order valence-corrected chi connectivity index (χ2v) is 3.06. The molecule has 0 saturated heterocycles. The number of halogens is 1. The molecule has 0 amide bonds. The summed E-state index contributed by atoms with van der Waals surface area (Å²) in [6, 6.07) is 1.28. The summed E-state index contributed by atoms with van der Waals surface area (Å²) in [6.45, 7) is 0.722. The van der Waals surface area contributed by atoms with Gasteiger partial charge in [-0.2, -0.15) is 0 Å². The molecule has 1 heterocycles. The molecule has 72 valence electrons. The van der Waals surface area contributed by atoms with Crippen molar-refractivity contribution in [2.45, 2.75) is 19.4 Å². The molecule has 1 rings (SSSR count). The van der Waals surface area contributed by atoms with Crippen molar-refractivity contribution >= 4 is 11.6 Å². The largest absolute Gasteiger partial charge is 0.396 e. The van der Waals surface area contributed by atoms with Crippen LogP contribution in [0, 0.1) is 0 Å². The predicted octanol–water partition coefficient (Wildman–Crippen LogP) is 0.669. The zero-order chi connectivity index (χ0) is 9.68. The Kier molecular flexibility index (Phi) is 3.92. The highest BCUT2D eigenvalue weighted by molar-refractivity contribution is 6.29. The van der Waals surface area contributed by atoms with Gasteiger partial charge in [0.25, 0.3) is 5.56 Å². The SMILES string of the molecule is O=c1cc(Cl)ncn1CCCCO. The molecule has 1 aromatic heterocycles. The van der Waals surface area contributed by atoms with Gasteiger partial charge in [-0.05, 0) is 12.8 Å². The first kappa shape index (κ1) is 10.2. The molecule has 4 nitrogen and oxygen atoms in total. The van der Waals surface area contributed by atoms with E-state index in [9.17, 15) is 4.79 Å². The van der Waals surface area contributed by atoms with Gasteiger partial charge >= 0.3 is 0 Å². The average molecular weight is 203 g/mol. The third-order valence-electron chi connectivity index (χ3n) is 1.65. The van der Waals surface area contributed by atoms with Crippen molar-refractivity contribution < 1.29 is 5.11 Å². The van der Waals surface area contributed by atoms with Gasteiger partial charge < -0.3 is 5.11 Å². The van der Waals surface area contributed by atoms with Gasteiger partial charge in [0, 0.05) is 19.2 Å². The Labute approximate surface area is 80.8 Å². The van der Waals surface area contributed by atoms with Crippen molar-refractivity contribution in [2.24, 2.45) is 0 Å². The van der Waals surface area contributed by atoms with Gasteiger partial charge in [-0.25, -0.2) is 4.98 Å². The van der Waals surface area contributed by atoms with Crippen LogP contribution in [0.2, 0.25) is 5.15 Å². The quantitative estimate of drug-likeness (QED) is 0.577. The molecule has 0 aromatic carbocycles. The van der Waals surface area contributed by atoms with Crippen LogP contribution in [0.15, 0.2) is 17.2 Å². The molecule has 0 atom stereocenters. The van der Waals surface area contributed by atoms with Crippen LogP contribution in [0.25, 0.3) is 0 Å². The maximum atomic E-state index is 11.2. The third kappa shape index (κ3) is 3.16. The van der Waals surface area contributed by atoms with Gasteiger partial charge in [0.1, 0.15) is 5.15 Å². The second-order valence-electron chi connectivity index (χ2n) is 2.67. The lowest BCUT2D eigenvalue weighted by molar-refractivity contribution is 0.281. The van der Waals surface area contributed by atoms with E-state index in [-0.39, 0.29) is 17.3 Å². The van der Waals surface area contributed by atoms with E-state index in [2.05, 4.69) is 4.98 Å². The molecule has 0 fully saturated rings. The Balaban J connectivity index is 2.62. The first-order valence-electron chi connectivity index (χ1n) is 4.07. The van der Waals surface area contributed by atoms with E-state index < -0.39 is 0 Å². The fourth-order valence-corrected chi connectivity index (χ4v) is 1.10. The van der Waals surface area contributed by atoms with Crippen LogP contribution in [-0.4, -0.2) is 21.3 Å². The molecular weight excluding hydrogens is 192 g/mol. The highest BCUT2D eigenvalue weighted by Crippen LogP contribution is 1.97. The van der Waals surface area contributed by atoms with E-state index in [1.165, 1.54) is 17.0 Å². The number of aliphatic hydroxyl groups excluding tert-OH is 1. The average Bonchev–Trinajstić information content (AvgIpc) is 2.09. The lowest BCUT2D eigenvalue weighted by Gasteiger charge is -2.02. The van der Waals surface area contributed by atoms with Gasteiger partial charge in [-0.15, -0.1) is 0 Å². The number of aryl methyl sites for hydroxylation is 1. The normalized spacial score (nSPS) is 10.3. The van der Waals surface area contributed by atoms with E-state index in [0.717, 1.165) is 6.42 Å². The van der Waals surface area contributed by atoms with Crippen molar-refractivity contribution in [2.75, 3.05) is 6.61 Å². The topological polar surface area (TPSA) is 55.1 Å². The predicted molar refractivity (Wildman–Crippen MR) is 49.8 cm³/mol. The van der Waals surface area contributed by atoms with Crippen LogP contribution < -0.4 is 5.56 Å². The van der Waals surface area contributed by atoms with Crippen molar-refractivity contribution in [1.82, 2.24) is 9.55 Å². The number of hydrogen-bond acceptors (Lipinski definition) is 3. The summed E-state index contributed by atoms with van der Waals surface area (Å²) in [7, 11) is 0. The van der Waals surface area contributed by atoms with Crippen molar-refractivity contribution in [1.29, 1.82) is 0 Å². The number of rotatable bonds is 4. The first-order valence-corrected chi connectivity index (χ1v) is 4.44. The third-order valence-corrected chi connectivity index (χ3v) is 1.86. The lowest BCUT2D eigenvalue weighted by Crippen LogP contribution is -2.19. The molecule has 0 spiro atoms. The maximum Gasteiger partial charge on any atom is 0.254 e. The van der Waals surface area contributed by atoms with Gasteiger partial charge in [-0.3, -0.25) is 9.36 Å². The van der Waals surface area contributed by atoms with Crippen LogP contribution in [0.3, 0.4) is 0 Å². The fourth-order valence-electron chi connectivity index (χ4n) is 0.966. The van der Waals surface area contributed by atoms with Crippen molar-refractivity contribution in [3.05, 3.63) is 27.9 Å². The summed E-state index contributed by atoms with van der Waals surface area (Å²) in [5.41, 5.74) is -0.155. The molecular formula is C8H11ClN2O2. The number of aromatic nitrogens is 2. The summed E-state index contributed by atoms with van der Waals surface area (Å²) in [5, 5.41) is 8.75. The van der Waals surface area contributed by atoms with E-state index in [1.807, 2.05) is 0 Å². The Morgan fingerprint density at radius 1 is 1.54 bits per heavy atom. The zero-order valence-corrected chi connectivity index (χ0v) is 7.87. The number of aliphatic hydroxyl groups is 1. The van der Waals surface area contributed by atoms with Crippen molar-refractivity contribution in [3.63, 3.8) is 0 Å². The van der Waals surface area contributed by atoms with Crippen LogP contribution >= 0.6 is 11.6 Å². The van der Waals surface area contributed by atoms with Gasteiger partial charge in [0.05, 0.1) is 6.33 Å². The zero-order valence-electron chi connectivity index (χ0n) is 7.11. The molecule has 1 N–H and O–H groups in total. The highest BCUT2D eigenvalue weighted by atomic mass is 35.5. The second kappa shape index (κ2) is 4.99. The molecule has 0 saturated carbocycles. The smallest absolute Gasteiger partial charge is 0.254 e. The van der Waals surface area contributed by atoms with Crippen LogP contribution in [-0.2, 0) is 6.54 Å². The molecule has 0 aliphatic heterocycles. The van der Waals surface area contributed by atoms with E-state index >= 15 is 0 Å². The van der Waals surface area contributed by atoms with E-state index in [1.54, 1.807) is 0 Å². The van der Waals surface area contributed by atoms with Gasteiger partial charge in [0.15, 0.2) is 0 Å². The molecule has 0 aliphatic rings. The standard InChI is InChI=1S/C8H11ClN2O2/c9-7-5-8(13)11(6-10-7)3-1-2-4-12/h5-6,12H,1-4H2. The summed E-state index contributed by atoms with van der Waals surface area (Å²) in [5.74, 6) is 0. The molecule has 0 bridgehead atoms. The van der Waals surface area contributed by atoms with E-state index in [0.29, 0.717) is 13.0 Å². The molecule has 0 unspecified atom stereocenters. The molecule has 0 radical (unpaired) electrons. The monoisotopic (exact) mass is 202 g/mol. The minimum atomic E-state index is -0.155. The highest BCUT2D eigenvalue weighted by Gasteiger charge is 1.96. The van der Waals surface area contributed by atoms with Crippen LogP contribution in [0.5, 0.6) is 0 Å². The lowest BCUT2D eigenvalue weighted by atomic mass is 10.3.